The average Bonchev–Trinajstić information content (AvgIpc) is 2.45. The average molecular weight is 305 g/mol. The minimum Gasteiger partial charge on any atom is -0.505 e. The second-order valence-corrected chi connectivity index (χ2v) is 6.65. The summed E-state index contributed by atoms with van der Waals surface area (Å²) in [7, 11) is -3.69. The topological polar surface area (TPSA) is 66.4 Å². The van der Waals surface area contributed by atoms with Gasteiger partial charge in [0, 0.05) is 0 Å². The zero-order valence-electron chi connectivity index (χ0n) is 12.1. The summed E-state index contributed by atoms with van der Waals surface area (Å²) in [6.07, 6.45) is 1.94. The van der Waals surface area contributed by atoms with Gasteiger partial charge in [0.25, 0.3) is 10.0 Å². The zero-order valence-corrected chi connectivity index (χ0v) is 12.9. The van der Waals surface area contributed by atoms with Gasteiger partial charge in [-0.25, -0.2) is 8.42 Å². The van der Waals surface area contributed by atoms with Gasteiger partial charge in [0.1, 0.15) is 5.75 Å². The van der Waals surface area contributed by atoms with Crippen LogP contribution in [-0.2, 0) is 16.4 Å². The fourth-order valence-corrected chi connectivity index (χ4v) is 3.14. The summed E-state index contributed by atoms with van der Waals surface area (Å²) < 4.78 is 27.0. The lowest BCUT2D eigenvalue weighted by atomic mass is 10.1. The molecule has 0 heterocycles. The molecule has 2 aromatic carbocycles. The number of phenols is 1. The van der Waals surface area contributed by atoms with Crippen LogP contribution in [0, 0.1) is 6.92 Å². The van der Waals surface area contributed by atoms with Gasteiger partial charge in [0.15, 0.2) is 0 Å². The zero-order chi connectivity index (χ0) is 15.5. The van der Waals surface area contributed by atoms with Crippen LogP contribution < -0.4 is 4.72 Å². The molecule has 0 spiro atoms. The largest absolute Gasteiger partial charge is 0.505 e. The quantitative estimate of drug-likeness (QED) is 0.831. The van der Waals surface area contributed by atoms with Crippen LogP contribution in [0.3, 0.4) is 0 Å². The Morgan fingerprint density at radius 3 is 2.38 bits per heavy atom. The Bertz CT molecular complexity index is 722. The molecule has 112 valence electrons. The molecule has 2 rings (SSSR count). The van der Waals surface area contributed by atoms with Gasteiger partial charge in [-0.1, -0.05) is 37.6 Å². The Labute approximate surface area is 125 Å². The van der Waals surface area contributed by atoms with E-state index in [0.717, 1.165) is 18.4 Å². The number of rotatable bonds is 5. The van der Waals surface area contributed by atoms with E-state index >= 15 is 0 Å². The normalized spacial score (nSPS) is 11.3. The third-order valence-corrected chi connectivity index (χ3v) is 4.64. The van der Waals surface area contributed by atoms with E-state index in [9.17, 15) is 13.5 Å². The van der Waals surface area contributed by atoms with Crippen molar-refractivity contribution in [3.05, 3.63) is 53.6 Å². The predicted molar refractivity (Wildman–Crippen MR) is 84.1 cm³/mol. The molecule has 5 heteroatoms. The first-order valence-electron chi connectivity index (χ1n) is 6.84. The summed E-state index contributed by atoms with van der Waals surface area (Å²) in [5.74, 6) is -0.0521. The van der Waals surface area contributed by atoms with E-state index < -0.39 is 10.0 Å². The third kappa shape index (κ3) is 3.55. The van der Waals surface area contributed by atoms with Crippen LogP contribution in [0.2, 0.25) is 0 Å². The number of aryl methyl sites for hydroxylation is 2. The third-order valence-electron chi connectivity index (χ3n) is 3.25. The van der Waals surface area contributed by atoms with Gasteiger partial charge in [0.05, 0.1) is 10.6 Å². The van der Waals surface area contributed by atoms with Gasteiger partial charge >= 0.3 is 0 Å². The summed E-state index contributed by atoms with van der Waals surface area (Å²) in [6.45, 7) is 3.79. The molecular formula is C16H19NO3S. The van der Waals surface area contributed by atoms with E-state index in [0.29, 0.717) is 5.56 Å². The van der Waals surface area contributed by atoms with Crippen LogP contribution in [0.5, 0.6) is 5.75 Å². The minimum absolute atomic E-state index is 0.0521. The van der Waals surface area contributed by atoms with Crippen molar-refractivity contribution in [1.29, 1.82) is 0 Å². The van der Waals surface area contributed by atoms with Crippen molar-refractivity contribution in [1.82, 2.24) is 0 Å². The smallest absolute Gasteiger partial charge is 0.262 e. The molecule has 0 bridgehead atoms. The Morgan fingerprint density at radius 1 is 1.10 bits per heavy atom. The van der Waals surface area contributed by atoms with Crippen LogP contribution in [0.25, 0.3) is 0 Å². The lowest BCUT2D eigenvalue weighted by Gasteiger charge is -2.11. The van der Waals surface area contributed by atoms with E-state index in [-0.39, 0.29) is 16.3 Å². The summed E-state index contributed by atoms with van der Waals surface area (Å²) in [5.41, 5.74) is 1.91. The highest BCUT2D eigenvalue weighted by atomic mass is 32.2. The van der Waals surface area contributed by atoms with Crippen LogP contribution in [0.15, 0.2) is 47.4 Å². The molecular weight excluding hydrogens is 286 g/mol. The summed E-state index contributed by atoms with van der Waals surface area (Å²) >= 11 is 0. The molecule has 4 nitrogen and oxygen atoms in total. The fourth-order valence-electron chi connectivity index (χ4n) is 2.07. The number of aromatic hydroxyl groups is 1. The van der Waals surface area contributed by atoms with Gasteiger partial charge in [-0.2, -0.15) is 0 Å². The molecule has 0 fully saturated rings. The number of nitrogens with one attached hydrogen (secondary N) is 1. The molecule has 0 aliphatic rings. The van der Waals surface area contributed by atoms with E-state index in [1.807, 2.05) is 12.1 Å². The number of hydrogen-bond donors (Lipinski definition) is 2. The van der Waals surface area contributed by atoms with Crippen LogP contribution in [0.1, 0.15) is 24.5 Å². The van der Waals surface area contributed by atoms with Gasteiger partial charge in [0.2, 0.25) is 0 Å². The fraction of sp³-hybridized carbons (Fsp3) is 0.250. The molecule has 2 N–H and O–H groups in total. The van der Waals surface area contributed by atoms with Crippen molar-refractivity contribution in [2.24, 2.45) is 0 Å². The van der Waals surface area contributed by atoms with Crippen molar-refractivity contribution in [3.63, 3.8) is 0 Å². The summed E-state index contributed by atoms with van der Waals surface area (Å²) in [6, 6.07) is 11.7. The van der Waals surface area contributed by atoms with Crippen molar-refractivity contribution < 1.29 is 13.5 Å². The second-order valence-electron chi connectivity index (χ2n) is 4.97. The molecule has 0 radical (unpaired) electrons. The first-order valence-corrected chi connectivity index (χ1v) is 8.32. The van der Waals surface area contributed by atoms with Crippen molar-refractivity contribution in [2.45, 2.75) is 31.6 Å². The SMILES string of the molecule is CCCc1ccc(S(=O)(=O)Nc2cccc(C)c2O)cc1. The molecule has 0 aromatic heterocycles. The molecule has 21 heavy (non-hydrogen) atoms. The van der Waals surface area contributed by atoms with E-state index in [4.69, 9.17) is 0 Å². The molecule has 0 unspecified atom stereocenters. The van der Waals surface area contributed by atoms with Gasteiger partial charge in [-0.15, -0.1) is 0 Å². The lowest BCUT2D eigenvalue weighted by molar-refractivity contribution is 0.473. The number of para-hydroxylation sites is 1. The lowest BCUT2D eigenvalue weighted by Crippen LogP contribution is -2.13. The van der Waals surface area contributed by atoms with Crippen LogP contribution in [-0.4, -0.2) is 13.5 Å². The summed E-state index contributed by atoms with van der Waals surface area (Å²) in [4.78, 5) is 0.184. The number of hydrogen-bond acceptors (Lipinski definition) is 3. The first-order chi connectivity index (χ1) is 9.94. The minimum atomic E-state index is -3.69. The van der Waals surface area contributed by atoms with E-state index in [1.165, 1.54) is 6.07 Å². The number of benzene rings is 2. The standard InChI is InChI=1S/C16H19NO3S/c1-3-5-13-8-10-14(11-9-13)21(19,20)17-15-7-4-6-12(2)16(15)18/h4,6-11,17-18H,3,5H2,1-2H3. The maximum atomic E-state index is 12.3. The van der Waals surface area contributed by atoms with Gasteiger partial charge in [-0.05, 0) is 42.7 Å². The Hall–Kier alpha value is -2.01. The highest BCUT2D eigenvalue weighted by Gasteiger charge is 2.16. The number of anilines is 1. The van der Waals surface area contributed by atoms with Crippen molar-refractivity contribution in [2.75, 3.05) is 4.72 Å². The van der Waals surface area contributed by atoms with E-state index in [1.54, 1.807) is 31.2 Å². The first kappa shape index (κ1) is 15.4. The van der Waals surface area contributed by atoms with E-state index in [2.05, 4.69) is 11.6 Å². The predicted octanol–water partition coefficient (Wildman–Crippen LogP) is 3.45. The van der Waals surface area contributed by atoms with Gasteiger partial charge < -0.3 is 5.11 Å². The Kier molecular flexibility index (Phi) is 4.53. The molecule has 0 aliphatic carbocycles. The Morgan fingerprint density at radius 2 is 1.76 bits per heavy atom. The monoisotopic (exact) mass is 305 g/mol. The molecule has 0 saturated carbocycles. The molecule has 2 aromatic rings. The highest BCUT2D eigenvalue weighted by Crippen LogP contribution is 2.28. The van der Waals surface area contributed by atoms with Crippen molar-refractivity contribution >= 4 is 15.7 Å². The maximum absolute atomic E-state index is 12.3. The van der Waals surface area contributed by atoms with Crippen molar-refractivity contribution in [3.8, 4) is 5.75 Å². The van der Waals surface area contributed by atoms with Gasteiger partial charge in [-0.3, -0.25) is 4.72 Å². The molecule has 0 saturated heterocycles. The number of phenolic OH excluding ortho intramolecular Hbond substituents is 1. The molecule has 0 aliphatic heterocycles. The van der Waals surface area contributed by atoms with Crippen LogP contribution >= 0.6 is 0 Å². The molecule has 0 atom stereocenters. The maximum Gasteiger partial charge on any atom is 0.262 e. The second kappa shape index (κ2) is 6.18. The summed E-state index contributed by atoms with van der Waals surface area (Å²) in [5, 5.41) is 9.89. The molecule has 0 amide bonds. The number of sulfonamides is 1. The highest BCUT2D eigenvalue weighted by molar-refractivity contribution is 7.92. The Balaban J connectivity index is 2.27. The van der Waals surface area contributed by atoms with Crippen LogP contribution in [0.4, 0.5) is 5.69 Å².